The zero-order valence-electron chi connectivity index (χ0n) is 15.7. The Bertz CT molecular complexity index is 817. The van der Waals surface area contributed by atoms with E-state index in [1.165, 1.54) is 0 Å². The Balaban J connectivity index is 4.05. The van der Waals surface area contributed by atoms with Gasteiger partial charge in [-0.25, -0.2) is 31.9 Å². The molecule has 172 valence electrons. The highest BCUT2D eigenvalue weighted by Gasteiger charge is 2.94. The van der Waals surface area contributed by atoms with Crippen molar-refractivity contribution < 1.29 is 59.7 Å². The summed E-state index contributed by atoms with van der Waals surface area (Å²) in [7, 11) is 0. The van der Waals surface area contributed by atoms with Gasteiger partial charge in [0, 0.05) is 6.42 Å². The molecule has 4 unspecified atom stereocenters. The van der Waals surface area contributed by atoms with Gasteiger partial charge in [-0.3, -0.25) is 0 Å². The highest BCUT2D eigenvalue weighted by atomic mass is 19.3. The van der Waals surface area contributed by atoms with Gasteiger partial charge in [-0.2, -0.15) is 8.78 Å². The highest BCUT2D eigenvalue weighted by molar-refractivity contribution is 5.97. The molecule has 0 radical (unpaired) electrons. The number of hydrogen-bond donors (Lipinski definition) is 0. The average molecular weight is 458 g/mol. The van der Waals surface area contributed by atoms with Gasteiger partial charge in [0.2, 0.25) is 0 Å². The number of esters is 3. The van der Waals surface area contributed by atoms with Crippen LogP contribution in [0.4, 0.5) is 26.3 Å². The molecular formula is C18H16F6O7. The summed E-state index contributed by atoms with van der Waals surface area (Å²) in [6.07, 6.45) is -2.00. The number of halogens is 6. The fourth-order valence-corrected chi connectivity index (χ4v) is 2.98. The summed E-state index contributed by atoms with van der Waals surface area (Å²) in [5.74, 6) is -14.2. The van der Waals surface area contributed by atoms with Crippen LogP contribution in [-0.2, 0) is 33.3 Å². The summed E-state index contributed by atoms with van der Waals surface area (Å²) in [6, 6.07) is 0. The summed E-state index contributed by atoms with van der Waals surface area (Å²) >= 11 is 0. The molecule has 4 atom stereocenters. The van der Waals surface area contributed by atoms with Crippen LogP contribution in [0.2, 0.25) is 0 Å². The SMILES string of the molecule is C=COCC1(F)C(F)(C(=O)OC=C)CC(F)(C(=O)OC=C)C(F)(C(=O)OC=C)C1(F)F. The van der Waals surface area contributed by atoms with E-state index in [4.69, 9.17) is 0 Å². The molecule has 0 N–H and O–H groups in total. The first-order valence-electron chi connectivity index (χ1n) is 8.03. The molecular weight excluding hydrogens is 442 g/mol. The third-order valence-electron chi connectivity index (χ3n) is 4.49. The Morgan fingerprint density at radius 1 is 0.710 bits per heavy atom. The first-order valence-corrected chi connectivity index (χ1v) is 8.03. The van der Waals surface area contributed by atoms with Gasteiger partial charge >= 0.3 is 29.5 Å². The number of carbonyl (C=O) groups excluding carboxylic acids is 3. The molecule has 31 heavy (non-hydrogen) atoms. The summed E-state index contributed by atoms with van der Waals surface area (Å²) in [5.41, 5.74) is -20.6. The van der Waals surface area contributed by atoms with Gasteiger partial charge in [-0.1, -0.05) is 26.3 Å². The Morgan fingerprint density at radius 3 is 1.55 bits per heavy atom. The molecule has 0 aromatic carbocycles. The predicted molar refractivity (Wildman–Crippen MR) is 89.9 cm³/mol. The minimum atomic E-state index is -6.16. The van der Waals surface area contributed by atoms with Crippen molar-refractivity contribution in [3.05, 3.63) is 51.4 Å². The van der Waals surface area contributed by atoms with E-state index in [0.29, 0.717) is 6.26 Å². The van der Waals surface area contributed by atoms with Crippen LogP contribution < -0.4 is 0 Å². The molecule has 0 amide bonds. The molecule has 0 aromatic rings. The minimum absolute atomic E-state index is 0.0580. The monoisotopic (exact) mass is 458 g/mol. The molecule has 0 spiro atoms. The molecule has 7 nitrogen and oxygen atoms in total. The van der Waals surface area contributed by atoms with Crippen molar-refractivity contribution in [3.8, 4) is 0 Å². The number of carbonyl (C=O) groups is 3. The van der Waals surface area contributed by atoms with Crippen molar-refractivity contribution >= 4 is 17.9 Å². The smallest absolute Gasteiger partial charge is 0.359 e. The van der Waals surface area contributed by atoms with E-state index in [2.05, 4.69) is 45.3 Å². The molecule has 1 rings (SSSR count). The lowest BCUT2D eigenvalue weighted by atomic mass is 9.59. The maximum absolute atomic E-state index is 15.6. The Labute approximate surface area is 171 Å². The van der Waals surface area contributed by atoms with E-state index in [1.807, 2.05) is 0 Å². The van der Waals surface area contributed by atoms with Crippen LogP contribution in [-0.4, -0.2) is 53.1 Å². The molecule has 0 heterocycles. The fraction of sp³-hybridized carbons (Fsp3) is 0.389. The molecule has 0 aromatic heterocycles. The third kappa shape index (κ3) is 3.27. The number of ether oxygens (including phenoxy) is 4. The standard InChI is InChI=1S/C18H16F6O7/c1-5-28-10-16(21)14(19,11(25)29-6-2)9-15(20,12(26)30-7-3)17(22,18(16,23)24)13(27)31-8-4/h5-8H,1-4,9-10H2. The Hall–Kier alpha value is -3.25. The summed E-state index contributed by atoms with van der Waals surface area (Å²) in [5, 5.41) is 0. The Kier molecular flexibility index (Phi) is 7.05. The van der Waals surface area contributed by atoms with Crippen molar-refractivity contribution in [2.75, 3.05) is 6.61 Å². The number of rotatable bonds is 9. The normalized spacial score (nSPS) is 33.9. The lowest BCUT2D eigenvalue weighted by Crippen LogP contribution is -2.84. The quantitative estimate of drug-likeness (QED) is 0.227. The van der Waals surface area contributed by atoms with Gasteiger partial charge in [0.25, 0.3) is 17.0 Å². The molecule has 0 bridgehead atoms. The maximum atomic E-state index is 15.6. The minimum Gasteiger partial charge on any atom is -0.498 e. The van der Waals surface area contributed by atoms with Crippen LogP contribution in [0.3, 0.4) is 0 Å². The van der Waals surface area contributed by atoms with Crippen LogP contribution in [0, 0.1) is 0 Å². The average Bonchev–Trinajstić information content (AvgIpc) is 2.70. The van der Waals surface area contributed by atoms with Gasteiger partial charge in [-0.05, 0) is 0 Å². The van der Waals surface area contributed by atoms with Gasteiger partial charge < -0.3 is 18.9 Å². The summed E-state index contributed by atoms with van der Waals surface area (Å²) < 4.78 is 109. The van der Waals surface area contributed by atoms with Gasteiger partial charge in [0.1, 0.15) is 6.61 Å². The molecule has 0 aliphatic heterocycles. The van der Waals surface area contributed by atoms with Crippen LogP contribution >= 0.6 is 0 Å². The molecule has 1 aliphatic rings. The largest absolute Gasteiger partial charge is 0.498 e. The van der Waals surface area contributed by atoms with Gasteiger partial charge in [0.15, 0.2) is 0 Å². The van der Waals surface area contributed by atoms with Crippen molar-refractivity contribution in [1.82, 2.24) is 0 Å². The van der Waals surface area contributed by atoms with Gasteiger partial charge in [0.05, 0.1) is 25.0 Å². The summed E-state index contributed by atoms with van der Waals surface area (Å²) in [6.45, 7) is 9.12. The molecule has 0 saturated heterocycles. The van der Waals surface area contributed by atoms with Crippen LogP contribution in [0.15, 0.2) is 51.4 Å². The maximum Gasteiger partial charge on any atom is 0.359 e. The first kappa shape index (κ1) is 25.8. The number of alkyl halides is 6. The topological polar surface area (TPSA) is 88.1 Å². The van der Waals surface area contributed by atoms with Gasteiger partial charge in [-0.15, -0.1) is 0 Å². The zero-order valence-corrected chi connectivity index (χ0v) is 15.7. The second kappa shape index (κ2) is 8.47. The lowest BCUT2D eigenvalue weighted by Gasteiger charge is -2.53. The third-order valence-corrected chi connectivity index (χ3v) is 4.49. The highest BCUT2D eigenvalue weighted by Crippen LogP contribution is 2.63. The van der Waals surface area contributed by atoms with Crippen molar-refractivity contribution in [2.45, 2.75) is 35.0 Å². The van der Waals surface area contributed by atoms with E-state index in [9.17, 15) is 14.4 Å². The van der Waals surface area contributed by atoms with E-state index in [0.717, 1.165) is 0 Å². The predicted octanol–water partition coefficient (Wildman–Crippen LogP) is 3.08. The van der Waals surface area contributed by atoms with E-state index in [1.54, 1.807) is 0 Å². The van der Waals surface area contributed by atoms with Crippen LogP contribution in [0.25, 0.3) is 0 Å². The van der Waals surface area contributed by atoms with E-state index < -0.39 is 59.5 Å². The van der Waals surface area contributed by atoms with Crippen LogP contribution in [0.1, 0.15) is 6.42 Å². The zero-order chi connectivity index (χ0) is 24.3. The first-order chi connectivity index (χ1) is 14.2. The lowest BCUT2D eigenvalue weighted by molar-refractivity contribution is -0.326. The molecule has 13 heteroatoms. The molecule has 1 saturated carbocycles. The van der Waals surface area contributed by atoms with Crippen molar-refractivity contribution in [1.29, 1.82) is 0 Å². The Morgan fingerprint density at radius 2 is 1.13 bits per heavy atom. The second-order valence-corrected chi connectivity index (χ2v) is 6.01. The molecule has 1 fully saturated rings. The van der Waals surface area contributed by atoms with Crippen molar-refractivity contribution in [2.24, 2.45) is 0 Å². The van der Waals surface area contributed by atoms with Crippen LogP contribution in [0.5, 0.6) is 0 Å². The number of hydrogen-bond acceptors (Lipinski definition) is 7. The fourth-order valence-electron chi connectivity index (χ4n) is 2.98. The second-order valence-electron chi connectivity index (χ2n) is 6.01. The molecule has 1 aliphatic carbocycles. The summed E-state index contributed by atoms with van der Waals surface area (Å²) in [4.78, 5) is 36.1. The van der Waals surface area contributed by atoms with E-state index in [-0.39, 0.29) is 18.8 Å². The van der Waals surface area contributed by atoms with Crippen molar-refractivity contribution in [3.63, 3.8) is 0 Å². The van der Waals surface area contributed by atoms with E-state index >= 15 is 26.3 Å².